The average Bonchev–Trinajstić information content (AvgIpc) is 2.69. The maximum absolute atomic E-state index is 6.18. The van der Waals surface area contributed by atoms with Crippen molar-refractivity contribution in [2.24, 2.45) is 0 Å². The van der Waals surface area contributed by atoms with Gasteiger partial charge in [0.2, 0.25) is 0 Å². The van der Waals surface area contributed by atoms with Gasteiger partial charge >= 0.3 is 0 Å². The fourth-order valence-electron chi connectivity index (χ4n) is 3.53. The summed E-state index contributed by atoms with van der Waals surface area (Å²) in [4.78, 5) is 0. The third kappa shape index (κ3) is 1.50. The topological polar surface area (TPSA) is 9.23 Å². The van der Waals surface area contributed by atoms with Crippen LogP contribution in [-0.2, 0) is 9.96 Å². The molecule has 0 N–H and O–H groups in total. The molecule has 1 aliphatic rings. The molecule has 1 nitrogen and oxygen atoms in total. The molecule has 0 bridgehead atoms. The van der Waals surface area contributed by atoms with Gasteiger partial charge in [-0.05, 0) is 22.3 Å². The van der Waals surface area contributed by atoms with Gasteiger partial charge in [0.25, 0.3) is 0 Å². The van der Waals surface area contributed by atoms with Crippen molar-refractivity contribution in [1.82, 2.24) is 0 Å². The van der Waals surface area contributed by atoms with Crippen LogP contribution in [0.1, 0.15) is 11.1 Å². The van der Waals surface area contributed by atoms with Crippen LogP contribution in [0.25, 0.3) is 11.1 Å². The Kier molecular flexibility index (Phi) is 2.70. The van der Waals surface area contributed by atoms with Gasteiger partial charge in [0.1, 0.15) is 5.22 Å². The zero-order chi connectivity index (χ0) is 13.7. The molecular weight excluding hydrogens is 248 g/mol. The smallest absolute Gasteiger partial charge is 0.106 e. The fourth-order valence-corrected chi connectivity index (χ4v) is 6.19. The van der Waals surface area contributed by atoms with Gasteiger partial charge in [-0.25, -0.2) is 0 Å². The zero-order valence-corrected chi connectivity index (χ0v) is 13.0. The number of ether oxygens (including phenoxy) is 1. The van der Waals surface area contributed by atoms with Gasteiger partial charge in [0, 0.05) is 7.11 Å². The van der Waals surface area contributed by atoms with Crippen molar-refractivity contribution in [3.63, 3.8) is 0 Å². The lowest BCUT2D eigenvalue weighted by atomic mass is 10.1. The Balaban J connectivity index is 2.43. The SMILES string of the molecule is COC1([Si](C)(C)C)c2ccccc2-c2ccccc21. The first-order chi connectivity index (χ1) is 9.02. The highest BCUT2D eigenvalue weighted by Crippen LogP contribution is 2.53. The normalized spacial score (nSPS) is 16.0. The molecule has 0 saturated carbocycles. The summed E-state index contributed by atoms with van der Waals surface area (Å²) in [5.74, 6) is 0. The van der Waals surface area contributed by atoms with E-state index in [4.69, 9.17) is 4.74 Å². The number of methoxy groups -OCH3 is 1. The first-order valence-electron chi connectivity index (χ1n) is 6.77. The summed E-state index contributed by atoms with van der Waals surface area (Å²) in [6.07, 6.45) is 0. The molecule has 0 fully saturated rings. The molecule has 19 heavy (non-hydrogen) atoms. The molecule has 0 amide bonds. The second kappa shape index (κ2) is 4.05. The van der Waals surface area contributed by atoms with E-state index < -0.39 is 8.07 Å². The largest absolute Gasteiger partial charge is 0.373 e. The first-order valence-corrected chi connectivity index (χ1v) is 10.3. The Labute approximate surface area is 116 Å². The zero-order valence-electron chi connectivity index (χ0n) is 12.0. The van der Waals surface area contributed by atoms with E-state index in [0.717, 1.165) is 0 Å². The van der Waals surface area contributed by atoms with Crippen molar-refractivity contribution in [3.8, 4) is 11.1 Å². The molecule has 0 radical (unpaired) electrons. The van der Waals surface area contributed by atoms with Crippen molar-refractivity contribution in [2.45, 2.75) is 24.9 Å². The monoisotopic (exact) mass is 268 g/mol. The number of hydrogen-bond acceptors (Lipinski definition) is 1. The summed E-state index contributed by atoms with van der Waals surface area (Å²) in [6, 6.07) is 17.4. The van der Waals surface area contributed by atoms with Gasteiger partial charge in [-0.1, -0.05) is 68.2 Å². The van der Waals surface area contributed by atoms with E-state index in [1.807, 2.05) is 7.11 Å². The van der Waals surface area contributed by atoms with Crippen molar-refractivity contribution in [3.05, 3.63) is 59.7 Å². The summed E-state index contributed by atoms with van der Waals surface area (Å²) in [5, 5.41) is -0.222. The highest BCUT2D eigenvalue weighted by Gasteiger charge is 2.52. The minimum absolute atomic E-state index is 0.222. The fraction of sp³-hybridized carbons (Fsp3) is 0.294. The molecule has 0 saturated heterocycles. The highest BCUT2D eigenvalue weighted by atomic mass is 28.3. The Morgan fingerprint density at radius 2 is 1.21 bits per heavy atom. The van der Waals surface area contributed by atoms with Crippen molar-refractivity contribution >= 4 is 8.07 Å². The van der Waals surface area contributed by atoms with Gasteiger partial charge in [0.05, 0.1) is 8.07 Å². The van der Waals surface area contributed by atoms with Crippen LogP contribution in [-0.4, -0.2) is 15.2 Å². The quantitative estimate of drug-likeness (QED) is 0.732. The minimum Gasteiger partial charge on any atom is -0.373 e. The van der Waals surface area contributed by atoms with E-state index in [9.17, 15) is 0 Å². The number of benzene rings is 2. The van der Waals surface area contributed by atoms with Crippen molar-refractivity contribution in [2.75, 3.05) is 7.11 Å². The van der Waals surface area contributed by atoms with E-state index in [1.54, 1.807) is 0 Å². The predicted octanol–water partition coefficient (Wildman–Crippen LogP) is 4.43. The lowest BCUT2D eigenvalue weighted by Gasteiger charge is -2.41. The molecule has 0 heterocycles. The standard InChI is InChI=1S/C17H20OSi/c1-18-17(19(2,3)4)15-11-7-5-9-13(15)14-10-6-8-12-16(14)17/h5-12H,1-4H3. The molecule has 0 unspecified atom stereocenters. The van der Waals surface area contributed by atoms with Gasteiger partial charge in [0.15, 0.2) is 0 Å². The molecule has 2 aromatic rings. The van der Waals surface area contributed by atoms with Crippen molar-refractivity contribution in [1.29, 1.82) is 0 Å². The maximum atomic E-state index is 6.18. The van der Waals surface area contributed by atoms with Crippen LogP contribution in [0.2, 0.25) is 19.6 Å². The van der Waals surface area contributed by atoms with E-state index in [0.29, 0.717) is 0 Å². The summed E-state index contributed by atoms with van der Waals surface area (Å²) in [6.45, 7) is 7.15. The molecule has 98 valence electrons. The highest BCUT2D eigenvalue weighted by molar-refractivity contribution is 6.79. The van der Waals surface area contributed by atoms with Crippen LogP contribution in [0.4, 0.5) is 0 Å². The molecule has 3 rings (SSSR count). The Hall–Kier alpha value is -1.38. The molecule has 0 aromatic heterocycles. The third-order valence-electron chi connectivity index (χ3n) is 4.27. The molecule has 2 heteroatoms. The van der Waals surface area contributed by atoms with Gasteiger partial charge < -0.3 is 4.74 Å². The Morgan fingerprint density at radius 3 is 1.58 bits per heavy atom. The second-order valence-corrected chi connectivity index (χ2v) is 11.4. The third-order valence-corrected chi connectivity index (χ3v) is 7.12. The summed E-state index contributed by atoms with van der Waals surface area (Å²) < 4.78 is 6.18. The van der Waals surface area contributed by atoms with Crippen LogP contribution in [0.15, 0.2) is 48.5 Å². The molecular formula is C17H20OSi. The van der Waals surface area contributed by atoms with Crippen molar-refractivity contribution < 1.29 is 4.74 Å². The van der Waals surface area contributed by atoms with Crippen LogP contribution in [0.5, 0.6) is 0 Å². The minimum atomic E-state index is -1.60. The summed E-state index contributed by atoms with van der Waals surface area (Å²) >= 11 is 0. The summed E-state index contributed by atoms with van der Waals surface area (Å²) in [7, 11) is 0.259. The van der Waals surface area contributed by atoms with E-state index in [1.165, 1.54) is 22.3 Å². The molecule has 0 atom stereocenters. The van der Waals surface area contributed by atoms with Gasteiger partial charge in [-0.2, -0.15) is 0 Å². The van der Waals surface area contributed by atoms with E-state index in [2.05, 4.69) is 68.2 Å². The second-order valence-electron chi connectivity index (χ2n) is 6.23. The molecule has 0 spiro atoms. The first kappa shape index (κ1) is 12.6. The Morgan fingerprint density at radius 1 is 0.789 bits per heavy atom. The van der Waals surface area contributed by atoms with Crippen LogP contribution < -0.4 is 0 Å². The molecule has 1 aliphatic carbocycles. The number of fused-ring (bicyclic) bond motifs is 3. The molecule has 2 aromatic carbocycles. The molecule has 0 aliphatic heterocycles. The maximum Gasteiger partial charge on any atom is 0.106 e. The van der Waals surface area contributed by atoms with Gasteiger partial charge in [-0.15, -0.1) is 0 Å². The van der Waals surface area contributed by atoms with Gasteiger partial charge in [-0.3, -0.25) is 0 Å². The average molecular weight is 268 g/mol. The predicted molar refractivity (Wildman–Crippen MR) is 83.0 cm³/mol. The Bertz CT molecular complexity index is 580. The number of rotatable bonds is 2. The van der Waals surface area contributed by atoms with Crippen LogP contribution in [0, 0.1) is 0 Å². The lowest BCUT2D eigenvalue weighted by molar-refractivity contribution is 0.0896. The van der Waals surface area contributed by atoms with Crippen LogP contribution >= 0.6 is 0 Å². The van der Waals surface area contributed by atoms with Crippen LogP contribution in [0.3, 0.4) is 0 Å². The summed E-state index contributed by atoms with van der Waals surface area (Å²) in [5.41, 5.74) is 5.36. The number of hydrogen-bond donors (Lipinski definition) is 0. The lowest BCUT2D eigenvalue weighted by Crippen LogP contribution is -2.50. The van der Waals surface area contributed by atoms with E-state index >= 15 is 0 Å². The van der Waals surface area contributed by atoms with E-state index in [-0.39, 0.29) is 5.22 Å².